The van der Waals surface area contributed by atoms with E-state index < -0.39 is 41.2 Å². The molecule has 4 rings (SSSR count). The van der Waals surface area contributed by atoms with E-state index in [4.69, 9.17) is 4.74 Å². The van der Waals surface area contributed by atoms with Crippen molar-refractivity contribution in [2.75, 3.05) is 13.7 Å². The van der Waals surface area contributed by atoms with Gasteiger partial charge in [-0.3, -0.25) is 0 Å². The molecule has 2 aliphatic carbocycles. The maximum atomic E-state index is 14.8. The van der Waals surface area contributed by atoms with Gasteiger partial charge in [0.2, 0.25) is 0 Å². The second-order valence-corrected chi connectivity index (χ2v) is 10.7. The topological polar surface area (TPSA) is 18.5 Å². The van der Waals surface area contributed by atoms with Gasteiger partial charge in [-0.25, -0.2) is 13.2 Å². The molecule has 0 spiro atoms. The van der Waals surface area contributed by atoms with Crippen molar-refractivity contribution in [3.63, 3.8) is 0 Å². The lowest BCUT2D eigenvalue weighted by Crippen LogP contribution is -2.38. The zero-order chi connectivity index (χ0) is 28.4. The predicted molar refractivity (Wildman–Crippen MR) is 129 cm³/mol. The van der Waals surface area contributed by atoms with Crippen LogP contribution in [0.5, 0.6) is 5.75 Å². The van der Waals surface area contributed by atoms with Crippen LogP contribution in [0, 0.1) is 35.2 Å². The quantitative estimate of drug-likeness (QED) is 0.298. The monoisotopic (exact) mass is 564 g/mol. The highest BCUT2D eigenvalue weighted by Gasteiger charge is 2.46. The Balaban J connectivity index is 1.29. The molecule has 39 heavy (non-hydrogen) atoms. The van der Waals surface area contributed by atoms with E-state index in [1.165, 1.54) is 0 Å². The molecule has 0 bridgehead atoms. The maximum Gasteiger partial charge on any atom is 0.422 e. The summed E-state index contributed by atoms with van der Waals surface area (Å²) in [4.78, 5) is 0. The second kappa shape index (κ2) is 12.0. The first-order valence-corrected chi connectivity index (χ1v) is 13.3. The molecule has 10 heteroatoms. The highest BCUT2D eigenvalue weighted by atomic mass is 19.4. The fourth-order valence-corrected chi connectivity index (χ4v) is 6.23. The summed E-state index contributed by atoms with van der Waals surface area (Å²) in [7, 11) is 1.60. The zero-order valence-corrected chi connectivity index (χ0v) is 21.6. The third kappa shape index (κ3) is 7.05. The summed E-state index contributed by atoms with van der Waals surface area (Å²) in [6, 6.07) is 5.63. The van der Waals surface area contributed by atoms with Crippen molar-refractivity contribution in [1.82, 2.24) is 0 Å². The molecule has 0 saturated heterocycles. The van der Waals surface area contributed by atoms with E-state index in [1.807, 2.05) is 12.1 Å². The molecule has 0 heterocycles. The Labute approximate surface area is 222 Å². The predicted octanol–water partition coefficient (Wildman–Crippen LogP) is 9.06. The van der Waals surface area contributed by atoms with Crippen LogP contribution in [0.15, 0.2) is 30.3 Å². The summed E-state index contributed by atoms with van der Waals surface area (Å²) in [5, 5.41) is 0. The molecule has 0 atom stereocenters. The summed E-state index contributed by atoms with van der Waals surface area (Å²) < 4.78 is 120. The van der Waals surface area contributed by atoms with E-state index in [-0.39, 0.29) is 42.6 Å². The number of hydrogen-bond donors (Lipinski definition) is 0. The average molecular weight is 565 g/mol. The lowest BCUT2D eigenvalue weighted by Gasteiger charge is -2.39. The summed E-state index contributed by atoms with van der Waals surface area (Å²) >= 11 is 0. The number of alkyl halides is 5. The summed E-state index contributed by atoms with van der Waals surface area (Å²) in [6.45, 7) is 0.524. The van der Waals surface area contributed by atoms with Gasteiger partial charge in [-0.05, 0) is 92.7 Å². The zero-order valence-electron chi connectivity index (χ0n) is 21.6. The van der Waals surface area contributed by atoms with Crippen molar-refractivity contribution in [3.8, 4) is 5.75 Å². The van der Waals surface area contributed by atoms with Gasteiger partial charge in [-0.15, -0.1) is 0 Å². The molecule has 2 nitrogen and oxygen atoms in total. The van der Waals surface area contributed by atoms with Gasteiger partial charge in [0.1, 0.15) is 28.8 Å². The van der Waals surface area contributed by atoms with Crippen molar-refractivity contribution < 1.29 is 44.6 Å². The van der Waals surface area contributed by atoms with Gasteiger partial charge >= 0.3 is 12.3 Å². The van der Waals surface area contributed by atoms with Crippen LogP contribution in [0.4, 0.5) is 35.1 Å². The highest BCUT2D eigenvalue weighted by molar-refractivity contribution is 5.32. The van der Waals surface area contributed by atoms with Crippen LogP contribution in [-0.4, -0.2) is 19.8 Å². The van der Waals surface area contributed by atoms with Gasteiger partial charge in [0.15, 0.2) is 0 Å². The van der Waals surface area contributed by atoms with Crippen LogP contribution in [0.1, 0.15) is 74.0 Å². The molecule has 0 N–H and O–H groups in total. The molecule has 216 valence electrons. The standard InChI is InChI=1S/C29H32F8O2/c1-38-13-12-17-2-11-23(24(30)14-17)20-5-3-18(4-6-20)19-7-9-21(10-8-19)29(36,37)39-22-15-25(31)27(26(32)16-22)28(33,34)35/h2,11,14-16,18-21H,3-10,12-13H2,1H3. The van der Waals surface area contributed by atoms with Gasteiger partial charge in [0.05, 0.1) is 12.5 Å². The molecule has 0 radical (unpaired) electrons. The van der Waals surface area contributed by atoms with Crippen molar-refractivity contribution in [3.05, 3.63) is 64.5 Å². The third-order valence-corrected chi connectivity index (χ3v) is 8.34. The molecule has 0 aromatic heterocycles. The molecule has 2 aromatic carbocycles. The van der Waals surface area contributed by atoms with Crippen molar-refractivity contribution in [1.29, 1.82) is 0 Å². The van der Waals surface area contributed by atoms with Gasteiger partial charge < -0.3 is 9.47 Å². The van der Waals surface area contributed by atoms with E-state index in [1.54, 1.807) is 13.2 Å². The Kier molecular flexibility index (Phi) is 9.13. The van der Waals surface area contributed by atoms with Gasteiger partial charge in [0.25, 0.3) is 0 Å². The minimum absolute atomic E-state index is 0.122. The summed E-state index contributed by atoms with van der Waals surface area (Å²) in [5.74, 6) is -5.71. The first-order valence-electron chi connectivity index (χ1n) is 13.3. The van der Waals surface area contributed by atoms with E-state index in [2.05, 4.69) is 4.74 Å². The largest absolute Gasteiger partial charge is 0.432 e. The van der Waals surface area contributed by atoms with Crippen LogP contribution >= 0.6 is 0 Å². The Morgan fingerprint density at radius 3 is 1.82 bits per heavy atom. The fourth-order valence-electron chi connectivity index (χ4n) is 6.23. The lowest BCUT2D eigenvalue weighted by molar-refractivity contribution is -0.224. The van der Waals surface area contributed by atoms with E-state index in [0.717, 1.165) is 31.2 Å². The summed E-state index contributed by atoms with van der Waals surface area (Å²) in [6.07, 6.45) is -3.73. The van der Waals surface area contributed by atoms with Gasteiger partial charge in [0, 0.05) is 19.2 Å². The maximum absolute atomic E-state index is 14.8. The SMILES string of the molecule is COCCc1ccc(C2CCC(C3CCC(C(F)(F)Oc4cc(F)c(C(F)(F)F)c(F)c4)CC3)CC2)c(F)c1. The normalized spacial score (nSPS) is 24.5. The second-order valence-electron chi connectivity index (χ2n) is 10.7. The summed E-state index contributed by atoms with van der Waals surface area (Å²) in [5.41, 5.74) is -0.542. The molecule has 0 unspecified atom stereocenters. The van der Waals surface area contributed by atoms with E-state index in [0.29, 0.717) is 37.4 Å². The van der Waals surface area contributed by atoms with Gasteiger partial charge in [-0.1, -0.05) is 12.1 Å². The van der Waals surface area contributed by atoms with Gasteiger partial charge in [-0.2, -0.15) is 22.0 Å². The number of halogens is 8. The molecule has 2 fully saturated rings. The minimum Gasteiger partial charge on any atom is -0.432 e. The van der Waals surface area contributed by atoms with Crippen LogP contribution in [-0.2, 0) is 17.3 Å². The number of benzene rings is 2. The van der Waals surface area contributed by atoms with E-state index >= 15 is 0 Å². The number of methoxy groups -OCH3 is 1. The minimum atomic E-state index is -5.30. The Hall–Kier alpha value is -2.36. The first-order chi connectivity index (χ1) is 18.4. The van der Waals surface area contributed by atoms with Crippen LogP contribution in [0.25, 0.3) is 0 Å². The molecule has 2 saturated carbocycles. The third-order valence-electron chi connectivity index (χ3n) is 8.34. The Morgan fingerprint density at radius 2 is 1.31 bits per heavy atom. The Morgan fingerprint density at radius 1 is 0.744 bits per heavy atom. The van der Waals surface area contributed by atoms with Crippen LogP contribution in [0.3, 0.4) is 0 Å². The first kappa shape index (κ1) is 29.6. The van der Waals surface area contributed by atoms with Crippen molar-refractivity contribution >= 4 is 0 Å². The molecular formula is C29H32F8O2. The highest BCUT2D eigenvalue weighted by Crippen LogP contribution is 2.47. The fraction of sp³-hybridized carbons (Fsp3) is 0.586. The van der Waals surface area contributed by atoms with E-state index in [9.17, 15) is 35.1 Å². The molecule has 0 aliphatic heterocycles. The van der Waals surface area contributed by atoms with Crippen LogP contribution in [0.2, 0.25) is 0 Å². The lowest BCUT2D eigenvalue weighted by atomic mass is 9.68. The van der Waals surface area contributed by atoms with Crippen LogP contribution < -0.4 is 4.74 Å². The van der Waals surface area contributed by atoms with Crippen molar-refractivity contribution in [2.45, 2.75) is 76.0 Å². The molecule has 2 aliphatic rings. The molecule has 2 aromatic rings. The molecule has 0 amide bonds. The average Bonchev–Trinajstić information content (AvgIpc) is 2.86. The molecular weight excluding hydrogens is 532 g/mol. The van der Waals surface area contributed by atoms with Crippen molar-refractivity contribution in [2.24, 2.45) is 17.8 Å². The number of ether oxygens (including phenoxy) is 2. The number of hydrogen-bond acceptors (Lipinski definition) is 2. The smallest absolute Gasteiger partial charge is 0.422 e. The number of rotatable bonds is 8. The Bertz CT molecular complexity index is 1090.